The van der Waals surface area contributed by atoms with Gasteiger partial charge in [-0.15, -0.1) is 0 Å². The van der Waals surface area contributed by atoms with Crippen LogP contribution in [0.3, 0.4) is 0 Å². The van der Waals surface area contributed by atoms with E-state index in [1.807, 2.05) is 6.92 Å². The van der Waals surface area contributed by atoms with Crippen LogP contribution in [0.5, 0.6) is 0 Å². The Morgan fingerprint density at radius 3 is 2.04 bits per heavy atom. The van der Waals surface area contributed by atoms with Crippen molar-refractivity contribution in [2.75, 3.05) is 6.61 Å². The maximum absolute atomic E-state index is 11.2. The fraction of sp³-hybridized carbons (Fsp3) is 1.00. The Bertz CT molecular complexity index is 600. The molecule has 28 heavy (non-hydrogen) atoms. The molecule has 166 valence electrons. The summed E-state index contributed by atoms with van der Waals surface area (Å²) in [6.07, 6.45) is -13.3. The molecular weight excluding hydrogens is 404 g/mol. The highest BCUT2D eigenvalue weighted by Crippen LogP contribution is 2.31. The van der Waals surface area contributed by atoms with Crippen molar-refractivity contribution < 1.29 is 56.5 Å². The van der Waals surface area contributed by atoms with Crippen molar-refractivity contribution in [2.45, 2.75) is 88.6 Å². The monoisotopic (exact) mass is 432 g/mol. The third-order valence-electron chi connectivity index (χ3n) is 4.57. The van der Waals surface area contributed by atoms with Gasteiger partial charge in [0.15, 0.2) is 12.6 Å². The first-order valence-electron chi connectivity index (χ1n) is 8.92. The summed E-state index contributed by atoms with van der Waals surface area (Å²) < 4.78 is 57.7. The average molecular weight is 432 g/mol. The van der Waals surface area contributed by atoms with E-state index in [2.05, 4.69) is 4.18 Å². The molecule has 0 aromatic carbocycles. The topological polar surface area (TPSA) is 181 Å². The first-order valence-corrected chi connectivity index (χ1v) is 10.3. The second kappa shape index (κ2) is 9.57. The van der Waals surface area contributed by atoms with Crippen LogP contribution in [0.4, 0.5) is 0 Å². The van der Waals surface area contributed by atoms with E-state index in [4.69, 9.17) is 23.5 Å². The molecule has 0 spiro atoms. The molecule has 2 rings (SSSR count). The van der Waals surface area contributed by atoms with Gasteiger partial charge >= 0.3 is 10.4 Å². The Labute approximate surface area is 162 Å². The van der Waals surface area contributed by atoms with Gasteiger partial charge in [-0.2, -0.15) is 8.42 Å². The van der Waals surface area contributed by atoms with Gasteiger partial charge in [0, 0.05) is 6.61 Å². The van der Waals surface area contributed by atoms with Crippen LogP contribution in [0, 0.1) is 0 Å². The second-order valence-corrected chi connectivity index (χ2v) is 7.89. The maximum Gasteiger partial charge on any atom is 0.397 e. The van der Waals surface area contributed by atoms with E-state index in [0.29, 0.717) is 6.42 Å². The normalized spacial score (nSPS) is 45.1. The summed E-state index contributed by atoms with van der Waals surface area (Å²) in [6.45, 7) is 4.91. The third-order valence-corrected chi connectivity index (χ3v) is 5.03. The SMILES string of the molecule is CCCO[C@@H]1O[C@@H](C)[C@@H](OS(=O)(=O)O)[C@@H](O[C@@H]2O[C@@H](C)[C@@H](O)[C@@H](O)[C@@H]2O)[C@@H]1O. The lowest BCUT2D eigenvalue weighted by molar-refractivity contribution is -0.351. The predicted octanol–water partition coefficient (Wildman–Crippen LogP) is -2.08. The molecule has 0 unspecified atom stereocenters. The molecule has 2 saturated heterocycles. The molecule has 2 aliphatic heterocycles. The molecule has 2 aliphatic rings. The van der Waals surface area contributed by atoms with Crippen molar-refractivity contribution >= 4 is 10.4 Å². The Kier molecular flexibility index (Phi) is 8.15. The summed E-state index contributed by atoms with van der Waals surface area (Å²) in [5.41, 5.74) is 0. The standard InChI is InChI=1S/C15H28O12S/c1-4-5-23-14-11(19)13(12(7(3)25-14)27-28(20,21)22)26-15-10(18)9(17)8(16)6(2)24-15/h6-19H,4-5H2,1-3H3,(H,20,21,22)/t6-,7-,8+,9+,10-,11-,12+,13-,14+,15-/m0/s1. The first-order chi connectivity index (χ1) is 13.0. The highest BCUT2D eigenvalue weighted by atomic mass is 32.3. The van der Waals surface area contributed by atoms with Crippen molar-refractivity contribution in [3.63, 3.8) is 0 Å². The van der Waals surface area contributed by atoms with Gasteiger partial charge in [-0.1, -0.05) is 6.92 Å². The summed E-state index contributed by atoms with van der Waals surface area (Å²) in [7, 11) is -4.94. The largest absolute Gasteiger partial charge is 0.397 e. The molecular formula is C15H28O12S. The molecule has 0 amide bonds. The smallest absolute Gasteiger partial charge is 0.388 e. The van der Waals surface area contributed by atoms with E-state index >= 15 is 0 Å². The number of aliphatic hydroxyl groups is 4. The molecule has 0 aromatic rings. The van der Waals surface area contributed by atoms with E-state index in [1.165, 1.54) is 13.8 Å². The lowest BCUT2D eigenvalue weighted by atomic mass is 9.97. The minimum Gasteiger partial charge on any atom is -0.388 e. The van der Waals surface area contributed by atoms with Crippen LogP contribution in [0.2, 0.25) is 0 Å². The highest BCUT2D eigenvalue weighted by Gasteiger charge is 2.51. The summed E-state index contributed by atoms with van der Waals surface area (Å²) in [4.78, 5) is 0. The molecule has 0 saturated carbocycles. The van der Waals surface area contributed by atoms with Crippen LogP contribution in [0.1, 0.15) is 27.2 Å². The van der Waals surface area contributed by atoms with E-state index in [0.717, 1.165) is 0 Å². The Hall–Kier alpha value is -0.450. The zero-order valence-corrected chi connectivity index (χ0v) is 16.5. The number of rotatable bonds is 7. The van der Waals surface area contributed by atoms with E-state index in [1.54, 1.807) is 0 Å². The van der Waals surface area contributed by atoms with Gasteiger partial charge in [0.1, 0.15) is 36.6 Å². The van der Waals surface area contributed by atoms with Crippen molar-refractivity contribution in [1.82, 2.24) is 0 Å². The summed E-state index contributed by atoms with van der Waals surface area (Å²) in [5.74, 6) is 0. The molecule has 0 aromatic heterocycles. The number of aliphatic hydroxyl groups excluding tert-OH is 4. The predicted molar refractivity (Wildman–Crippen MR) is 90.2 cm³/mol. The van der Waals surface area contributed by atoms with Gasteiger partial charge in [-0.05, 0) is 20.3 Å². The molecule has 12 nitrogen and oxygen atoms in total. The minimum absolute atomic E-state index is 0.232. The number of hydrogen-bond donors (Lipinski definition) is 5. The number of ether oxygens (including phenoxy) is 4. The Balaban J connectivity index is 2.24. The van der Waals surface area contributed by atoms with Gasteiger partial charge in [-0.3, -0.25) is 4.55 Å². The molecule has 5 N–H and O–H groups in total. The van der Waals surface area contributed by atoms with Crippen LogP contribution in [0.15, 0.2) is 0 Å². The zero-order valence-electron chi connectivity index (χ0n) is 15.7. The van der Waals surface area contributed by atoms with Crippen molar-refractivity contribution in [1.29, 1.82) is 0 Å². The molecule has 0 bridgehead atoms. The fourth-order valence-corrected chi connectivity index (χ4v) is 3.62. The zero-order chi connectivity index (χ0) is 21.2. The van der Waals surface area contributed by atoms with Gasteiger partial charge in [0.05, 0.1) is 12.2 Å². The summed E-state index contributed by atoms with van der Waals surface area (Å²) in [6, 6.07) is 0. The fourth-order valence-electron chi connectivity index (χ4n) is 3.07. The summed E-state index contributed by atoms with van der Waals surface area (Å²) in [5, 5.41) is 40.4. The second-order valence-electron chi connectivity index (χ2n) is 6.84. The van der Waals surface area contributed by atoms with E-state index in [-0.39, 0.29) is 6.61 Å². The maximum atomic E-state index is 11.2. The van der Waals surface area contributed by atoms with Crippen LogP contribution in [-0.2, 0) is 33.5 Å². The van der Waals surface area contributed by atoms with Crippen LogP contribution in [-0.4, -0.2) is 101 Å². The highest BCUT2D eigenvalue weighted by molar-refractivity contribution is 7.80. The molecule has 13 heteroatoms. The molecule has 0 radical (unpaired) electrons. The molecule has 2 heterocycles. The average Bonchev–Trinajstić information content (AvgIpc) is 2.61. The quantitative estimate of drug-likeness (QED) is 0.277. The third kappa shape index (κ3) is 5.58. The molecule has 2 fully saturated rings. The van der Waals surface area contributed by atoms with Crippen LogP contribution < -0.4 is 0 Å². The van der Waals surface area contributed by atoms with Crippen molar-refractivity contribution in [3.05, 3.63) is 0 Å². The molecule has 0 aliphatic carbocycles. The van der Waals surface area contributed by atoms with Crippen LogP contribution in [0.25, 0.3) is 0 Å². The van der Waals surface area contributed by atoms with Gasteiger partial charge in [0.25, 0.3) is 0 Å². The molecule has 10 atom stereocenters. The first kappa shape index (κ1) is 23.8. The van der Waals surface area contributed by atoms with Crippen LogP contribution >= 0.6 is 0 Å². The van der Waals surface area contributed by atoms with E-state index in [9.17, 15) is 28.8 Å². The van der Waals surface area contributed by atoms with Gasteiger partial charge in [-0.25, -0.2) is 4.18 Å². The van der Waals surface area contributed by atoms with Crippen molar-refractivity contribution in [2.24, 2.45) is 0 Å². The Morgan fingerprint density at radius 2 is 1.46 bits per heavy atom. The Morgan fingerprint density at radius 1 is 0.857 bits per heavy atom. The van der Waals surface area contributed by atoms with Crippen molar-refractivity contribution in [3.8, 4) is 0 Å². The lowest BCUT2D eigenvalue weighted by Crippen LogP contribution is -2.64. The number of hydrogen-bond acceptors (Lipinski definition) is 11. The van der Waals surface area contributed by atoms with Gasteiger partial charge < -0.3 is 39.4 Å². The lowest BCUT2D eigenvalue weighted by Gasteiger charge is -2.46. The minimum atomic E-state index is -4.94. The summed E-state index contributed by atoms with van der Waals surface area (Å²) >= 11 is 0. The van der Waals surface area contributed by atoms with Gasteiger partial charge in [0.2, 0.25) is 0 Å². The van der Waals surface area contributed by atoms with E-state index < -0.39 is 71.8 Å².